The summed E-state index contributed by atoms with van der Waals surface area (Å²) in [6.45, 7) is 3.69. The molecule has 2 aromatic heterocycles. The van der Waals surface area contributed by atoms with Crippen LogP contribution >= 0.6 is 11.3 Å². The quantitative estimate of drug-likeness (QED) is 0.879. The molecule has 0 spiro atoms. The smallest absolute Gasteiger partial charge is 0.114 e. The van der Waals surface area contributed by atoms with Crippen molar-refractivity contribution in [3.05, 3.63) is 34.0 Å². The monoisotopic (exact) mass is 248 g/mol. The van der Waals surface area contributed by atoms with Gasteiger partial charge in [-0.15, -0.1) is 11.3 Å². The normalized spacial score (nSPS) is 15.4. The molecule has 0 radical (unpaired) electrons. The molecular formula is C12H16N4S. The molecule has 0 unspecified atom stereocenters. The molecule has 2 aromatic rings. The van der Waals surface area contributed by atoms with E-state index >= 15 is 0 Å². The third-order valence-corrected chi connectivity index (χ3v) is 3.76. The van der Waals surface area contributed by atoms with Gasteiger partial charge >= 0.3 is 0 Å². The number of hydrogen-bond donors (Lipinski definition) is 1. The molecule has 0 atom stereocenters. The summed E-state index contributed by atoms with van der Waals surface area (Å²) >= 11 is 1.69. The van der Waals surface area contributed by atoms with Crippen LogP contribution in [0.15, 0.2) is 17.6 Å². The highest BCUT2D eigenvalue weighted by atomic mass is 32.1. The Morgan fingerprint density at radius 3 is 3.12 bits per heavy atom. The first-order valence-corrected chi connectivity index (χ1v) is 6.84. The van der Waals surface area contributed by atoms with Gasteiger partial charge in [0.05, 0.1) is 12.2 Å². The Kier molecular flexibility index (Phi) is 2.94. The number of rotatable bonds is 5. The molecule has 90 valence electrons. The lowest BCUT2D eigenvalue weighted by Crippen LogP contribution is -2.16. The van der Waals surface area contributed by atoms with Crippen molar-refractivity contribution >= 4 is 11.3 Å². The molecular weight excluding hydrogens is 232 g/mol. The molecule has 1 aliphatic carbocycles. The summed E-state index contributed by atoms with van der Waals surface area (Å²) in [6, 6.07) is 2.82. The lowest BCUT2D eigenvalue weighted by atomic mass is 10.4. The van der Waals surface area contributed by atoms with Crippen molar-refractivity contribution in [1.82, 2.24) is 20.1 Å². The molecule has 0 amide bonds. The first-order valence-electron chi connectivity index (χ1n) is 5.96. The summed E-state index contributed by atoms with van der Waals surface area (Å²) in [5.74, 6) is 0. The fourth-order valence-corrected chi connectivity index (χ4v) is 2.50. The van der Waals surface area contributed by atoms with Crippen molar-refractivity contribution in [1.29, 1.82) is 0 Å². The predicted molar refractivity (Wildman–Crippen MR) is 68.0 cm³/mol. The maximum atomic E-state index is 4.54. The molecule has 0 aliphatic heterocycles. The van der Waals surface area contributed by atoms with Crippen LogP contribution in [-0.2, 0) is 13.1 Å². The lowest BCUT2D eigenvalue weighted by molar-refractivity contribution is 0.629. The van der Waals surface area contributed by atoms with E-state index in [1.165, 1.54) is 12.8 Å². The van der Waals surface area contributed by atoms with Crippen molar-refractivity contribution in [2.45, 2.75) is 38.9 Å². The van der Waals surface area contributed by atoms with Gasteiger partial charge in [0.25, 0.3) is 0 Å². The summed E-state index contributed by atoms with van der Waals surface area (Å²) in [5.41, 5.74) is 2.21. The molecule has 5 heteroatoms. The summed E-state index contributed by atoms with van der Waals surface area (Å²) < 4.78 is 1.96. The summed E-state index contributed by atoms with van der Waals surface area (Å²) in [4.78, 5) is 4.44. The third-order valence-electron chi connectivity index (χ3n) is 2.81. The van der Waals surface area contributed by atoms with E-state index in [0.29, 0.717) is 0 Å². The number of nitrogens with one attached hydrogen (secondary N) is 1. The highest BCUT2D eigenvalue weighted by molar-refractivity contribution is 7.09. The Balaban J connectivity index is 1.59. The van der Waals surface area contributed by atoms with E-state index in [0.717, 1.165) is 35.5 Å². The number of hydrogen-bond acceptors (Lipinski definition) is 4. The summed E-state index contributed by atoms with van der Waals surface area (Å²) in [6.07, 6.45) is 4.67. The minimum absolute atomic E-state index is 0.738. The molecule has 1 aliphatic rings. The summed E-state index contributed by atoms with van der Waals surface area (Å²) in [5, 5.41) is 11.2. The maximum Gasteiger partial charge on any atom is 0.114 e. The SMILES string of the molecule is Cc1csc(Cn2ccc(CNC3CC3)n2)n1. The van der Waals surface area contributed by atoms with Crippen LogP contribution < -0.4 is 5.32 Å². The minimum Gasteiger partial charge on any atom is -0.308 e. The zero-order valence-electron chi connectivity index (χ0n) is 9.89. The second-order valence-corrected chi connectivity index (χ2v) is 5.49. The Hall–Kier alpha value is -1.20. The summed E-state index contributed by atoms with van der Waals surface area (Å²) in [7, 11) is 0. The molecule has 1 saturated carbocycles. The van der Waals surface area contributed by atoms with Gasteiger partial charge in [-0.25, -0.2) is 4.98 Å². The molecule has 1 N–H and O–H groups in total. The zero-order valence-corrected chi connectivity index (χ0v) is 10.7. The second kappa shape index (κ2) is 4.58. The number of aromatic nitrogens is 3. The van der Waals surface area contributed by atoms with Gasteiger partial charge in [0.15, 0.2) is 0 Å². The van der Waals surface area contributed by atoms with E-state index in [9.17, 15) is 0 Å². The number of nitrogens with zero attached hydrogens (tertiary/aromatic N) is 3. The van der Waals surface area contributed by atoms with Gasteiger partial charge in [0, 0.05) is 29.9 Å². The van der Waals surface area contributed by atoms with Gasteiger partial charge in [-0.3, -0.25) is 4.68 Å². The van der Waals surface area contributed by atoms with E-state index in [-0.39, 0.29) is 0 Å². The average Bonchev–Trinajstić information content (AvgIpc) is 2.90. The molecule has 0 aromatic carbocycles. The molecule has 2 heterocycles. The van der Waals surface area contributed by atoms with Crippen molar-refractivity contribution in [2.24, 2.45) is 0 Å². The van der Waals surface area contributed by atoms with Gasteiger partial charge in [0.2, 0.25) is 0 Å². The number of aryl methyl sites for hydroxylation is 1. The standard InChI is InChI=1S/C12H16N4S/c1-9-8-17-12(14-9)7-16-5-4-11(15-16)6-13-10-2-3-10/h4-5,8,10,13H,2-3,6-7H2,1H3. The van der Waals surface area contributed by atoms with Gasteiger partial charge in [0.1, 0.15) is 5.01 Å². The average molecular weight is 248 g/mol. The Bertz CT molecular complexity index is 498. The fourth-order valence-electron chi connectivity index (χ4n) is 1.74. The Labute approximate surface area is 105 Å². The molecule has 0 saturated heterocycles. The topological polar surface area (TPSA) is 42.7 Å². The number of thiazole rings is 1. The van der Waals surface area contributed by atoms with E-state index in [1.54, 1.807) is 11.3 Å². The highest BCUT2D eigenvalue weighted by Gasteiger charge is 2.20. The molecule has 4 nitrogen and oxygen atoms in total. The lowest BCUT2D eigenvalue weighted by Gasteiger charge is -1.99. The molecule has 17 heavy (non-hydrogen) atoms. The molecule has 1 fully saturated rings. The van der Waals surface area contributed by atoms with Crippen molar-refractivity contribution in [3.63, 3.8) is 0 Å². The highest BCUT2D eigenvalue weighted by Crippen LogP contribution is 2.19. The van der Waals surface area contributed by atoms with Gasteiger partial charge < -0.3 is 5.32 Å². The van der Waals surface area contributed by atoms with Crippen LogP contribution in [0, 0.1) is 6.92 Å². The van der Waals surface area contributed by atoms with Crippen molar-refractivity contribution < 1.29 is 0 Å². The van der Waals surface area contributed by atoms with Gasteiger partial charge in [-0.05, 0) is 25.8 Å². The predicted octanol–water partition coefficient (Wildman–Crippen LogP) is 1.95. The largest absolute Gasteiger partial charge is 0.308 e. The van der Waals surface area contributed by atoms with E-state index in [4.69, 9.17) is 0 Å². The van der Waals surface area contributed by atoms with Crippen LogP contribution in [0.25, 0.3) is 0 Å². The molecule has 3 rings (SSSR count). The van der Waals surface area contributed by atoms with E-state index in [2.05, 4.69) is 26.8 Å². The van der Waals surface area contributed by atoms with Crippen molar-refractivity contribution in [2.75, 3.05) is 0 Å². The zero-order chi connectivity index (χ0) is 11.7. The van der Waals surface area contributed by atoms with Crippen LogP contribution in [0.1, 0.15) is 29.2 Å². The van der Waals surface area contributed by atoms with Crippen LogP contribution in [0.2, 0.25) is 0 Å². The van der Waals surface area contributed by atoms with Crippen LogP contribution in [0.3, 0.4) is 0 Å². The molecule has 0 bridgehead atoms. The van der Waals surface area contributed by atoms with Crippen LogP contribution in [0.4, 0.5) is 0 Å². The van der Waals surface area contributed by atoms with Crippen LogP contribution in [-0.4, -0.2) is 20.8 Å². The minimum atomic E-state index is 0.738. The van der Waals surface area contributed by atoms with E-state index < -0.39 is 0 Å². The third kappa shape index (κ3) is 2.92. The van der Waals surface area contributed by atoms with Gasteiger partial charge in [-0.1, -0.05) is 0 Å². The fraction of sp³-hybridized carbons (Fsp3) is 0.500. The second-order valence-electron chi connectivity index (χ2n) is 4.54. The van der Waals surface area contributed by atoms with Gasteiger partial charge in [-0.2, -0.15) is 5.10 Å². The van der Waals surface area contributed by atoms with E-state index in [1.807, 2.05) is 17.8 Å². The first kappa shape index (κ1) is 10.9. The van der Waals surface area contributed by atoms with Crippen LogP contribution in [0.5, 0.6) is 0 Å². The Morgan fingerprint density at radius 2 is 2.41 bits per heavy atom. The van der Waals surface area contributed by atoms with Crippen molar-refractivity contribution in [3.8, 4) is 0 Å². The maximum absolute atomic E-state index is 4.54. The Morgan fingerprint density at radius 1 is 1.53 bits per heavy atom. The first-order chi connectivity index (χ1) is 8.29.